The maximum atomic E-state index is 12.3. The number of carbonyl (C=O) groups excluding carboxylic acids is 3. The van der Waals surface area contributed by atoms with Gasteiger partial charge in [-0.3, -0.25) is 4.79 Å². The van der Waals surface area contributed by atoms with Gasteiger partial charge in [0.25, 0.3) is 5.91 Å². The predicted octanol–water partition coefficient (Wildman–Crippen LogP) is 4.46. The second-order valence-corrected chi connectivity index (χ2v) is 7.79. The number of carbonyl (C=O) groups is 3. The number of thiophene rings is 1. The number of rotatable bonds is 7. The Morgan fingerprint density at radius 1 is 1.04 bits per heavy atom. The summed E-state index contributed by atoms with van der Waals surface area (Å²) in [6.45, 7) is 9.20. The lowest BCUT2D eigenvalue weighted by Gasteiger charge is -2.09. The fraction of sp³-hybridized carbons (Fsp3) is 0.381. The van der Waals surface area contributed by atoms with E-state index in [1.165, 1.54) is 11.3 Å². The first-order valence-corrected chi connectivity index (χ1v) is 9.89. The largest absolute Gasteiger partial charge is 0.462 e. The highest BCUT2D eigenvalue weighted by Gasteiger charge is 2.21. The molecule has 0 aliphatic rings. The zero-order valence-corrected chi connectivity index (χ0v) is 17.6. The molecule has 1 amide bonds. The molecule has 0 atom stereocenters. The molecule has 0 saturated heterocycles. The van der Waals surface area contributed by atoms with Gasteiger partial charge in [-0.15, -0.1) is 11.3 Å². The van der Waals surface area contributed by atoms with Crippen molar-refractivity contribution in [2.24, 2.45) is 0 Å². The number of aryl methyl sites for hydroxylation is 2. The third-order valence-electron chi connectivity index (χ3n) is 4.02. The lowest BCUT2D eigenvalue weighted by atomic mass is 10.1. The van der Waals surface area contributed by atoms with E-state index in [0.717, 1.165) is 16.0 Å². The first kappa shape index (κ1) is 21.6. The maximum absolute atomic E-state index is 12.3. The van der Waals surface area contributed by atoms with E-state index in [4.69, 9.17) is 9.47 Å². The summed E-state index contributed by atoms with van der Waals surface area (Å²) >= 11 is 1.31. The van der Waals surface area contributed by atoms with E-state index in [9.17, 15) is 14.4 Å². The number of hydrogen-bond acceptors (Lipinski definition) is 6. The molecular formula is C21H25NO5S. The lowest BCUT2D eigenvalue weighted by molar-refractivity contribution is -0.119. The first-order valence-electron chi connectivity index (χ1n) is 9.08. The Kier molecular flexibility index (Phi) is 7.34. The SMILES string of the molecule is CCOC(=O)c1cc(C(C)C)sc1NC(=O)COC(=O)c1cc(C)ccc1C. The molecular weight excluding hydrogens is 378 g/mol. The van der Waals surface area contributed by atoms with Crippen molar-refractivity contribution in [3.05, 3.63) is 51.4 Å². The highest BCUT2D eigenvalue weighted by molar-refractivity contribution is 7.16. The molecule has 0 saturated carbocycles. The summed E-state index contributed by atoms with van der Waals surface area (Å²) < 4.78 is 10.2. The van der Waals surface area contributed by atoms with Gasteiger partial charge >= 0.3 is 11.9 Å². The van der Waals surface area contributed by atoms with Crippen LogP contribution in [0, 0.1) is 13.8 Å². The molecule has 1 aromatic carbocycles. The number of anilines is 1. The third kappa shape index (κ3) is 5.42. The molecule has 0 spiro atoms. The highest BCUT2D eigenvalue weighted by Crippen LogP contribution is 2.33. The highest BCUT2D eigenvalue weighted by atomic mass is 32.1. The summed E-state index contributed by atoms with van der Waals surface area (Å²) in [6.07, 6.45) is 0. The molecule has 0 aliphatic carbocycles. The van der Waals surface area contributed by atoms with E-state index >= 15 is 0 Å². The minimum Gasteiger partial charge on any atom is -0.462 e. The van der Waals surface area contributed by atoms with Crippen molar-refractivity contribution >= 4 is 34.2 Å². The fourth-order valence-corrected chi connectivity index (χ4v) is 3.54. The topological polar surface area (TPSA) is 81.7 Å². The molecule has 0 fully saturated rings. The average Bonchev–Trinajstić information content (AvgIpc) is 3.06. The second kappa shape index (κ2) is 9.50. The van der Waals surface area contributed by atoms with Crippen LogP contribution in [0.3, 0.4) is 0 Å². The minimum absolute atomic E-state index is 0.200. The molecule has 150 valence electrons. The number of amides is 1. The van der Waals surface area contributed by atoms with E-state index in [-0.39, 0.29) is 12.5 Å². The van der Waals surface area contributed by atoms with Crippen molar-refractivity contribution < 1.29 is 23.9 Å². The predicted molar refractivity (Wildman–Crippen MR) is 109 cm³/mol. The summed E-state index contributed by atoms with van der Waals surface area (Å²) in [5.74, 6) is -1.36. The normalized spacial score (nSPS) is 10.6. The van der Waals surface area contributed by atoms with Gasteiger partial charge in [0.15, 0.2) is 6.61 Å². The van der Waals surface area contributed by atoms with Crippen LogP contribution in [-0.2, 0) is 14.3 Å². The number of hydrogen-bond donors (Lipinski definition) is 1. The van der Waals surface area contributed by atoms with Crippen LogP contribution < -0.4 is 5.32 Å². The van der Waals surface area contributed by atoms with Crippen molar-refractivity contribution in [1.29, 1.82) is 0 Å². The Morgan fingerprint density at radius 3 is 2.36 bits per heavy atom. The van der Waals surface area contributed by atoms with Crippen LogP contribution in [-0.4, -0.2) is 31.1 Å². The van der Waals surface area contributed by atoms with Crippen LogP contribution in [0.15, 0.2) is 24.3 Å². The molecule has 0 bridgehead atoms. The third-order valence-corrected chi connectivity index (χ3v) is 5.37. The molecule has 2 rings (SSSR count). The molecule has 0 unspecified atom stereocenters. The Morgan fingerprint density at radius 2 is 1.71 bits per heavy atom. The molecule has 6 nitrogen and oxygen atoms in total. The average molecular weight is 404 g/mol. The first-order chi connectivity index (χ1) is 13.2. The number of nitrogens with one attached hydrogen (secondary N) is 1. The summed E-state index contributed by atoms with van der Waals surface area (Å²) in [5, 5.41) is 3.06. The van der Waals surface area contributed by atoms with Crippen LogP contribution in [0.5, 0.6) is 0 Å². The van der Waals surface area contributed by atoms with Crippen molar-refractivity contribution in [2.75, 3.05) is 18.5 Å². The molecule has 0 radical (unpaired) electrons. The Hall–Kier alpha value is -2.67. The van der Waals surface area contributed by atoms with Crippen molar-refractivity contribution in [1.82, 2.24) is 0 Å². The molecule has 2 aromatic rings. The summed E-state index contributed by atoms with van der Waals surface area (Å²) in [4.78, 5) is 37.6. The van der Waals surface area contributed by atoms with Crippen LogP contribution in [0.1, 0.15) is 63.4 Å². The van der Waals surface area contributed by atoms with Gasteiger partial charge in [0.1, 0.15) is 5.00 Å². The van der Waals surface area contributed by atoms with E-state index in [1.54, 1.807) is 26.0 Å². The quantitative estimate of drug-likeness (QED) is 0.690. The van der Waals surface area contributed by atoms with Crippen LogP contribution >= 0.6 is 11.3 Å². The number of benzene rings is 1. The van der Waals surface area contributed by atoms with Gasteiger partial charge in [-0.1, -0.05) is 31.5 Å². The van der Waals surface area contributed by atoms with Gasteiger partial charge in [-0.2, -0.15) is 0 Å². The zero-order valence-electron chi connectivity index (χ0n) is 16.8. The Labute approximate surface area is 168 Å². The summed E-state index contributed by atoms with van der Waals surface area (Å²) in [6, 6.07) is 7.18. The van der Waals surface area contributed by atoms with Gasteiger partial charge in [0.2, 0.25) is 0 Å². The Balaban J connectivity index is 2.07. The summed E-state index contributed by atoms with van der Waals surface area (Å²) in [5.41, 5.74) is 2.45. The maximum Gasteiger partial charge on any atom is 0.341 e. The van der Waals surface area contributed by atoms with Crippen LogP contribution in [0.25, 0.3) is 0 Å². The molecule has 28 heavy (non-hydrogen) atoms. The van der Waals surface area contributed by atoms with E-state index < -0.39 is 24.5 Å². The number of ether oxygens (including phenoxy) is 2. The van der Waals surface area contributed by atoms with E-state index in [2.05, 4.69) is 5.32 Å². The molecule has 1 aromatic heterocycles. The van der Waals surface area contributed by atoms with E-state index in [0.29, 0.717) is 16.1 Å². The van der Waals surface area contributed by atoms with Crippen LogP contribution in [0.2, 0.25) is 0 Å². The summed E-state index contributed by atoms with van der Waals surface area (Å²) in [7, 11) is 0. The fourth-order valence-electron chi connectivity index (χ4n) is 2.48. The zero-order chi connectivity index (χ0) is 20.8. The van der Waals surface area contributed by atoms with E-state index in [1.807, 2.05) is 32.9 Å². The standard InChI is InChI=1S/C21H25NO5S/c1-6-26-21(25)16-10-17(12(2)3)28-19(16)22-18(23)11-27-20(24)15-9-13(4)7-8-14(15)5/h7-10,12H,6,11H2,1-5H3,(H,22,23). The molecule has 7 heteroatoms. The molecule has 1 heterocycles. The van der Waals surface area contributed by atoms with Crippen LogP contribution in [0.4, 0.5) is 5.00 Å². The molecule has 0 aliphatic heterocycles. The van der Waals surface area contributed by atoms with Gasteiger partial charge < -0.3 is 14.8 Å². The van der Waals surface area contributed by atoms with Gasteiger partial charge in [-0.05, 0) is 44.4 Å². The van der Waals surface area contributed by atoms with Gasteiger partial charge in [-0.25, -0.2) is 9.59 Å². The minimum atomic E-state index is -0.559. The monoisotopic (exact) mass is 403 g/mol. The Bertz CT molecular complexity index is 885. The second-order valence-electron chi connectivity index (χ2n) is 6.71. The van der Waals surface area contributed by atoms with Crippen molar-refractivity contribution in [3.63, 3.8) is 0 Å². The van der Waals surface area contributed by atoms with Gasteiger partial charge in [0.05, 0.1) is 17.7 Å². The van der Waals surface area contributed by atoms with Crippen molar-refractivity contribution in [3.8, 4) is 0 Å². The van der Waals surface area contributed by atoms with Gasteiger partial charge in [0, 0.05) is 4.88 Å². The smallest absolute Gasteiger partial charge is 0.341 e. The lowest BCUT2D eigenvalue weighted by Crippen LogP contribution is -2.22. The molecule has 1 N–H and O–H groups in total. The number of esters is 2. The van der Waals surface area contributed by atoms with Crippen molar-refractivity contribution in [2.45, 2.75) is 40.5 Å².